The average molecular weight is 306 g/mol. The lowest BCUT2D eigenvalue weighted by Crippen LogP contribution is -2.28. The van der Waals surface area contributed by atoms with Gasteiger partial charge in [-0.25, -0.2) is 4.79 Å². The van der Waals surface area contributed by atoms with Crippen LogP contribution in [0, 0.1) is 0 Å². The van der Waals surface area contributed by atoms with Crippen LogP contribution >= 0.6 is 0 Å². The number of hydrogen-bond acceptors (Lipinski definition) is 4. The summed E-state index contributed by atoms with van der Waals surface area (Å²) in [5.41, 5.74) is 0.215. The Hall–Kier alpha value is -1.55. The zero-order valence-electron chi connectivity index (χ0n) is 13.9. The van der Waals surface area contributed by atoms with Crippen LogP contribution in [-0.4, -0.2) is 24.3 Å². The second-order valence-corrected chi connectivity index (χ2v) is 5.95. The van der Waals surface area contributed by atoms with Crippen LogP contribution in [0.15, 0.2) is 24.3 Å². The molecule has 0 N–H and O–H groups in total. The molecule has 0 spiro atoms. The highest BCUT2D eigenvalue weighted by Gasteiger charge is 2.63. The molecule has 1 aliphatic heterocycles. The van der Waals surface area contributed by atoms with Gasteiger partial charge in [-0.1, -0.05) is 31.9 Å². The third-order valence-electron chi connectivity index (χ3n) is 3.77. The summed E-state index contributed by atoms with van der Waals surface area (Å²) < 4.78 is 16.7. The quantitative estimate of drug-likeness (QED) is 0.537. The van der Waals surface area contributed by atoms with Crippen molar-refractivity contribution in [3.05, 3.63) is 29.8 Å². The minimum Gasteiger partial charge on any atom is -0.491 e. The molecule has 0 amide bonds. The first-order valence-electron chi connectivity index (χ1n) is 8.15. The normalized spacial score (nSPS) is 23.4. The van der Waals surface area contributed by atoms with Gasteiger partial charge in [-0.2, -0.15) is 0 Å². The van der Waals surface area contributed by atoms with Crippen LogP contribution in [0.4, 0.5) is 0 Å². The number of ether oxygens (including phenoxy) is 3. The average Bonchev–Trinajstić information content (AvgIpc) is 3.21. The van der Waals surface area contributed by atoms with E-state index in [1.165, 1.54) is 0 Å². The van der Waals surface area contributed by atoms with E-state index in [0.717, 1.165) is 24.2 Å². The highest BCUT2D eigenvalue weighted by molar-refractivity contribution is 5.84. The third-order valence-corrected chi connectivity index (χ3v) is 3.77. The van der Waals surface area contributed by atoms with Crippen molar-refractivity contribution in [2.45, 2.75) is 64.8 Å². The molecule has 1 saturated heterocycles. The fraction of sp³-hybridized carbons (Fsp3) is 0.611. The predicted molar refractivity (Wildman–Crippen MR) is 84.9 cm³/mol. The number of rotatable bonds is 8. The molecule has 0 aromatic heterocycles. The van der Waals surface area contributed by atoms with Crippen LogP contribution in [-0.2, 0) is 14.3 Å². The molecule has 22 heavy (non-hydrogen) atoms. The van der Waals surface area contributed by atoms with E-state index in [1.807, 2.05) is 45.0 Å². The first-order chi connectivity index (χ1) is 10.5. The molecule has 2 atom stereocenters. The van der Waals surface area contributed by atoms with Crippen molar-refractivity contribution in [2.24, 2.45) is 0 Å². The molecule has 0 unspecified atom stereocenters. The minimum absolute atomic E-state index is 0.145. The largest absolute Gasteiger partial charge is 0.491 e. The topological polar surface area (TPSA) is 48.1 Å². The van der Waals surface area contributed by atoms with Gasteiger partial charge in [0.15, 0.2) is 5.60 Å². The summed E-state index contributed by atoms with van der Waals surface area (Å²) in [6.45, 7) is 8.29. The van der Waals surface area contributed by atoms with Crippen molar-refractivity contribution in [3.8, 4) is 5.75 Å². The molecule has 1 aromatic carbocycles. The molecule has 2 rings (SSSR count). The minimum atomic E-state index is -0.785. The molecule has 122 valence electrons. The summed E-state index contributed by atoms with van der Waals surface area (Å²) in [6.07, 6.45) is 2.62. The molecule has 0 bridgehead atoms. The maximum Gasteiger partial charge on any atom is 0.341 e. The Balaban J connectivity index is 2.09. The Morgan fingerprint density at radius 2 is 1.95 bits per heavy atom. The number of carbonyl (C=O) groups is 1. The Bertz CT molecular complexity index is 494. The van der Waals surface area contributed by atoms with Crippen LogP contribution in [0.5, 0.6) is 5.75 Å². The Morgan fingerprint density at radius 1 is 1.27 bits per heavy atom. The molecule has 0 radical (unpaired) electrons. The van der Waals surface area contributed by atoms with Crippen molar-refractivity contribution in [2.75, 3.05) is 6.61 Å². The summed E-state index contributed by atoms with van der Waals surface area (Å²) in [4.78, 5) is 12.3. The van der Waals surface area contributed by atoms with Gasteiger partial charge >= 0.3 is 5.97 Å². The summed E-state index contributed by atoms with van der Waals surface area (Å²) in [5, 5.41) is 0. The number of carbonyl (C=O) groups excluding carboxylic acids is 1. The second-order valence-electron chi connectivity index (χ2n) is 5.95. The van der Waals surface area contributed by atoms with Crippen molar-refractivity contribution in [1.82, 2.24) is 0 Å². The van der Waals surface area contributed by atoms with E-state index in [1.54, 1.807) is 0 Å². The smallest absolute Gasteiger partial charge is 0.341 e. The van der Waals surface area contributed by atoms with Crippen LogP contribution in [0.3, 0.4) is 0 Å². The molecule has 1 aromatic rings. The highest BCUT2D eigenvalue weighted by atomic mass is 16.7. The molecule has 1 fully saturated rings. The van der Waals surface area contributed by atoms with Gasteiger partial charge in [0.1, 0.15) is 11.9 Å². The zero-order chi connectivity index (χ0) is 16.2. The standard InChI is InChI=1S/C18H26O4/c1-5-7-12-18(17(19)20-6-2)16(22-18)14-8-10-15(11-9-14)21-13(3)4/h8-11,13,16H,5-7,12H2,1-4H3/t16-,18-/m1/s1. The van der Waals surface area contributed by atoms with Gasteiger partial charge in [0.05, 0.1) is 12.7 Å². The second kappa shape index (κ2) is 7.14. The molecule has 4 nitrogen and oxygen atoms in total. The van der Waals surface area contributed by atoms with Crippen molar-refractivity contribution < 1.29 is 19.0 Å². The van der Waals surface area contributed by atoms with Gasteiger partial charge in [0.2, 0.25) is 0 Å². The molecular weight excluding hydrogens is 280 g/mol. The fourth-order valence-electron chi connectivity index (χ4n) is 2.65. The molecule has 0 saturated carbocycles. The lowest BCUT2D eigenvalue weighted by Gasteiger charge is -2.12. The lowest BCUT2D eigenvalue weighted by molar-refractivity contribution is -0.149. The van der Waals surface area contributed by atoms with Crippen molar-refractivity contribution in [1.29, 1.82) is 0 Å². The van der Waals surface area contributed by atoms with Gasteiger partial charge in [0.25, 0.3) is 0 Å². The molecular formula is C18H26O4. The van der Waals surface area contributed by atoms with E-state index in [9.17, 15) is 4.79 Å². The Labute approximate surface area is 132 Å². The van der Waals surface area contributed by atoms with Gasteiger partial charge in [-0.05, 0) is 44.9 Å². The van der Waals surface area contributed by atoms with Crippen LogP contribution < -0.4 is 4.74 Å². The molecule has 1 heterocycles. The van der Waals surface area contributed by atoms with Crippen molar-refractivity contribution in [3.63, 3.8) is 0 Å². The predicted octanol–water partition coefficient (Wildman–Crippen LogP) is 4.04. The Morgan fingerprint density at radius 3 is 2.50 bits per heavy atom. The number of benzene rings is 1. The van der Waals surface area contributed by atoms with E-state index in [4.69, 9.17) is 14.2 Å². The first-order valence-corrected chi connectivity index (χ1v) is 8.15. The summed E-state index contributed by atoms with van der Waals surface area (Å²) in [7, 11) is 0. The van der Waals surface area contributed by atoms with E-state index in [2.05, 4.69) is 6.92 Å². The molecule has 1 aliphatic rings. The number of esters is 1. The van der Waals surface area contributed by atoms with Gasteiger partial charge in [-0.3, -0.25) is 0 Å². The first kappa shape index (κ1) is 16.8. The third kappa shape index (κ3) is 3.61. The summed E-state index contributed by atoms with van der Waals surface area (Å²) in [5.74, 6) is 0.589. The molecule has 0 aliphatic carbocycles. The van der Waals surface area contributed by atoms with Gasteiger partial charge in [0, 0.05) is 0 Å². The lowest BCUT2D eigenvalue weighted by atomic mass is 9.94. The zero-order valence-corrected chi connectivity index (χ0v) is 13.9. The summed E-state index contributed by atoms with van der Waals surface area (Å²) in [6, 6.07) is 7.78. The molecule has 4 heteroatoms. The highest BCUT2D eigenvalue weighted by Crippen LogP contribution is 2.53. The van der Waals surface area contributed by atoms with E-state index >= 15 is 0 Å². The van der Waals surface area contributed by atoms with E-state index in [0.29, 0.717) is 13.0 Å². The SMILES string of the molecule is CCCC[C@@]1(C(=O)OCC)O[C@@H]1c1ccc(OC(C)C)cc1. The maximum atomic E-state index is 12.3. The van der Waals surface area contributed by atoms with E-state index in [-0.39, 0.29) is 18.2 Å². The van der Waals surface area contributed by atoms with Gasteiger partial charge in [-0.15, -0.1) is 0 Å². The van der Waals surface area contributed by atoms with Crippen LogP contribution in [0.2, 0.25) is 0 Å². The number of epoxide rings is 1. The fourth-order valence-corrected chi connectivity index (χ4v) is 2.65. The Kier molecular flexibility index (Phi) is 5.46. The maximum absolute atomic E-state index is 12.3. The van der Waals surface area contributed by atoms with Gasteiger partial charge < -0.3 is 14.2 Å². The summed E-state index contributed by atoms with van der Waals surface area (Å²) >= 11 is 0. The number of hydrogen-bond donors (Lipinski definition) is 0. The number of unbranched alkanes of at least 4 members (excludes halogenated alkanes) is 1. The van der Waals surface area contributed by atoms with Crippen molar-refractivity contribution >= 4 is 5.97 Å². The van der Waals surface area contributed by atoms with Crippen LogP contribution in [0.25, 0.3) is 0 Å². The van der Waals surface area contributed by atoms with E-state index < -0.39 is 5.60 Å². The van der Waals surface area contributed by atoms with Crippen LogP contribution in [0.1, 0.15) is 58.6 Å². The monoisotopic (exact) mass is 306 g/mol.